The number of hydrogen-bond donors (Lipinski definition) is 1. The zero-order chi connectivity index (χ0) is 27.3. The minimum Gasteiger partial charge on any atom is -0.464 e. The smallest absolute Gasteiger partial charge is 0.251 e. The van der Waals surface area contributed by atoms with Gasteiger partial charge in [-0.3, -0.25) is 14.5 Å². The Morgan fingerprint density at radius 2 is 1.79 bits per heavy atom. The van der Waals surface area contributed by atoms with E-state index >= 15 is 0 Å². The van der Waals surface area contributed by atoms with Gasteiger partial charge in [0.15, 0.2) is 6.04 Å². The van der Waals surface area contributed by atoms with Crippen molar-refractivity contribution < 1.29 is 18.7 Å². The lowest BCUT2D eigenvalue weighted by Gasteiger charge is -2.34. The largest absolute Gasteiger partial charge is 0.464 e. The van der Waals surface area contributed by atoms with Crippen LogP contribution in [0.3, 0.4) is 0 Å². The van der Waals surface area contributed by atoms with Crippen LogP contribution >= 0.6 is 0 Å². The molecule has 1 aromatic carbocycles. The number of aryl methyl sites for hydroxylation is 2. The summed E-state index contributed by atoms with van der Waals surface area (Å²) in [6.07, 6.45) is 0. The first-order valence-electron chi connectivity index (χ1n) is 12.9. The second kappa shape index (κ2) is 11.9. The second-order valence-electron chi connectivity index (χ2n) is 10.6. The van der Waals surface area contributed by atoms with Gasteiger partial charge in [-0.25, -0.2) is 0 Å². The maximum Gasteiger partial charge on any atom is 0.251 e. The van der Waals surface area contributed by atoms with Crippen LogP contribution in [-0.2, 0) is 20.9 Å². The topological polar surface area (TPSA) is 119 Å². The number of tetrazole rings is 1. The summed E-state index contributed by atoms with van der Waals surface area (Å²) in [6, 6.07) is 10.4. The highest BCUT2D eigenvalue weighted by atomic mass is 16.5. The first kappa shape index (κ1) is 27.5. The predicted octanol–water partition coefficient (Wildman–Crippen LogP) is 2.37. The molecule has 3 aromatic rings. The predicted molar refractivity (Wildman–Crippen MR) is 141 cm³/mol. The van der Waals surface area contributed by atoms with Crippen LogP contribution in [-0.4, -0.2) is 86.8 Å². The molecule has 1 unspecified atom stereocenters. The molecule has 0 saturated carbocycles. The fourth-order valence-corrected chi connectivity index (χ4v) is 4.27. The molecule has 1 aliphatic heterocycles. The summed E-state index contributed by atoms with van der Waals surface area (Å²) in [5, 5.41) is 15.7. The van der Waals surface area contributed by atoms with Crippen molar-refractivity contribution in [3.8, 4) is 11.4 Å². The highest BCUT2D eigenvalue weighted by molar-refractivity contribution is 5.88. The van der Waals surface area contributed by atoms with Gasteiger partial charge in [-0.15, -0.1) is 10.2 Å². The number of nitrogens with zero attached hydrogens (tertiary/aromatic N) is 6. The second-order valence-corrected chi connectivity index (χ2v) is 10.6. The van der Waals surface area contributed by atoms with Crippen molar-refractivity contribution >= 4 is 11.8 Å². The Hall–Kier alpha value is -3.57. The molecule has 1 aliphatic rings. The fourth-order valence-electron chi connectivity index (χ4n) is 4.27. The van der Waals surface area contributed by atoms with E-state index < -0.39 is 11.6 Å². The maximum atomic E-state index is 13.8. The first-order chi connectivity index (χ1) is 18.1. The molecule has 2 amide bonds. The number of benzene rings is 1. The Balaban J connectivity index is 1.60. The van der Waals surface area contributed by atoms with Crippen molar-refractivity contribution in [3.63, 3.8) is 0 Å². The van der Waals surface area contributed by atoms with Crippen LogP contribution in [0.5, 0.6) is 0 Å². The molecule has 1 N–H and O–H groups in total. The van der Waals surface area contributed by atoms with Gasteiger partial charge in [0.2, 0.25) is 11.7 Å². The minimum atomic E-state index is -0.948. The third-order valence-corrected chi connectivity index (χ3v) is 6.21. The summed E-state index contributed by atoms with van der Waals surface area (Å²) in [5.74, 6) is 0.881. The van der Waals surface area contributed by atoms with Crippen molar-refractivity contribution in [2.45, 2.75) is 52.7 Å². The molecule has 38 heavy (non-hydrogen) atoms. The van der Waals surface area contributed by atoms with Crippen molar-refractivity contribution in [1.82, 2.24) is 35.3 Å². The van der Waals surface area contributed by atoms with Crippen LogP contribution in [0.1, 0.15) is 43.9 Å². The van der Waals surface area contributed by atoms with E-state index in [1.807, 2.05) is 58.9 Å². The van der Waals surface area contributed by atoms with E-state index in [2.05, 4.69) is 25.6 Å². The Morgan fingerprint density at radius 3 is 2.42 bits per heavy atom. The number of hydrogen-bond acceptors (Lipinski definition) is 8. The van der Waals surface area contributed by atoms with Crippen molar-refractivity contribution in [1.29, 1.82) is 0 Å². The molecule has 0 spiro atoms. The van der Waals surface area contributed by atoms with E-state index in [1.54, 1.807) is 17.0 Å². The van der Waals surface area contributed by atoms with Crippen LogP contribution in [0, 0.1) is 13.8 Å². The Bertz CT molecular complexity index is 1220. The van der Waals surface area contributed by atoms with E-state index in [4.69, 9.17) is 9.15 Å². The molecule has 3 heterocycles. The van der Waals surface area contributed by atoms with Gasteiger partial charge in [-0.1, -0.05) is 29.8 Å². The molecule has 1 fully saturated rings. The number of rotatable bonds is 9. The molecule has 0 radical (unpaired) electrons. The molecule has 11 heteroatoms. The molecule has 1 atom stereocenters. The minimum absolute atomic E-state index is 0.166. The van der Waals surface area contributed by atoms with Crippen LogP contribution in [0.2, 0.25) is 0 Å². The van der Waals surface area contributed by atoms with Gasteiger partial charge in [0.05, 0.1) is 13.2 Å². The lowest BCUT2D eigenvalue weighted by atomic mass is 10.1. The van der Waals surface area contributed by atoms with Crippen molar-refractivity contribution in [2.24, 2.45) is 0 Å². The van der Waals surface area contributed by atoms with Crippen molar-refractivity contribution in [2.75, 3.05) is 39.4 Å². The van der Waals surface area contributed by atoms with Crippen molar-refractivity contribution in [3.05, 3.63) is 53.5 Å². The molecule has 0 aliphatic carbocycles. The Labute approximate surface area is 223 Å². The summed E-state index contributed by atoms with van der Waals surface area (Å²) in [6.45, 7) is 13.1. The highest BCUT2D eigenvalue weighted by Crippen LogP contribution is 2.25. The van der Waals surface area contributed by atoms with Gasteiger partial charge in [-0.05, 0) is 52.0 Å². The molecule has 204 valence electrons. The van der Waals surface area contributed by atoms with E-state index in [1.165, 1.54) is 4.80 Å². The number of nitrogens with one attached hydrogen (secondary N) is 1. The zero-order valence-electron chi connectivity index (χ0n) is 22.8. The van der Waals surface area contributed by atoms with E-state index in [-0.39, 0.29) is 18.4 Å². The Kier molecular flexibility index (Phi) is 8.58. The van der Waals surface area contributed by atoms with Gasteiger partial charge in [-0.2, -0.15) is 4.80 Å². The molecular weight excluding hydrogens is 486 g/mol. The number of morpholine rings is 1. The monoisotopic (exact) mass is 523 g/mol. The zero-order valence-corrected chi connectivity index (χ0v) is 22.8. The number of amides is 2. The summed E-state index contributed by atoms with van der Waals surface area (Å²) < 4.78 is 11.4. The number of furan rings is 1. The number of carbonyl (C=O) groups excluding carboxylic acids is 2. The van der Waals surface area contributed by atoms with E-state index in [0.717, 1.165) is 24.2 Å². The Morgan fingerprint density at radius 1 is 1.08 bits per heavy atom. The van der Waals surface area contributed by atoms with Crippen LogP contribution in [0.15, 0.2) is 40.8 Å². The fraction of sp³-hybridized carbons (Fsp3) is 0.519. The molecule has 0 bridgehead atoms. The van der Waals surface area contributed by atoms with Crippen LogP contribution < -0.4 is 5.32 Å². The normalized spacial score (nSPS) is 15.3. The van der Waals surface area contributed by atoms with Gasteiger partial charge in [0.25, 0.3) is 5.91 Å². The van der Waals surface area contributed by atoms with Crippen LogP contribution in [0.4, 0.5) is 0 Å². The number of carbonyl (C=O) groups is 2. The third kappa shape index (κ3) is 7.26. The average molecular weight is 524 g/mol. The number of aromatic nitrogens is 4. The standard InChI is InChI=1S/C27H37N7O4/c1-19-6-9-21(10-7-19)25-29-31-34(30-25)18-23(35)33(13-12-32-14-16-37-17-15-32)24(22-11-8-20(2)38-22)26(36)28-27(3,4)5/h6-11,24H,12-18H2,1-5H3,(H,28,36). The maximum absolute atomic E-state index is 13.8. The molecule has 4 rings (SSSR count). The first-order valence-corrected chi connectivity index (χ1v) is 12.9. The molecule has 2 aromatic heterocycles. The van der Waals surface area contributed by atoms with Gasteiger partial charge in [0.1, 0.15) is 18.1 Å². The molecule has 11 nitrogen and oxygen atoms in total. The van der Waals surface area contributed by atoms with Gasteiger partial charge in [0, 0.05) is 37.3 Å². The van der Waals surface area contributed by atoms with Gasteiger partial charge >= 0.3 is 0 Å². The molecular formula is C27H37N7O4. The summed E-state index contributed by atoms with van der Waals surface area (Å²) in [5.41, 5.74) is 1.44. The highest BCUT2D eigenvalue weighted by Gasteiger charge is 2.36. The number of ether oxygens (including phenoxy) is 1. The van der Waals surface area contributed by atoms with E-state index in [0.29, 0.717) is 43.6 Å². The molecule has 1 saturated heterocycles. The third-order valence-electron chi connectivity index (χ3n) is 6.21. The quantitative estimate of drug-likeness (QED) is 0.454. The van der Waals surface area contributed by atoms with E-state index in [9.17, 15) is 9.59 Å². The summed E-state index contributed by atoms with van der Waals surface area (Å²) >= 11 is 0. The van der Waals surface area contributed by atoms with Gasteiger partial charge < -0.3 is 19.4 Å². The lowest BCUT2D eigenvalue weighted by molar-refractivity contribution is -0.143. The van der Waals surface area contributed by atoms with Crippen LogP contribution in [0.25, 0.3) is 11.4 Å². The average Bonchev–Trinajstić information content (AvgIpc) is 3.50. The summed E-state index contributed by atoms with van der Waals surface area (Å²) in [4.78, 5) is 32.4. The lowest BCUT2D eigenvalue weighted by Crippen LogP contribution is -2.52. The summed E-state index contributed by atoms with van der Waals surface area (Å²) in [7, 11) is 0. The SMILES string of the molecule is Cc1ccc(-c2nnn(CC(=O)N(CCN3CCOCC3)C(C(=O)NC(C)(C)C)c3ccc(C)o3)n2)cc1.